The summed E-state index contributed by atoms with van der Waals surface area (Å²) in [6.45, 7) is 2.22. The van der Waals surface area contributed by atoms with Gasteiger partial charge in [-0.1, -0.05) is 25.8 Å². The Labute approximate surface area is 104 Å². The molecule has 0 radical (unpaired) electrons. The normalized spacial score (nSPS) is 10.4. The van der Waals surface area contributed by atoms with Crippen molar-refractivity contribution in [2.45, 2.75) is 38.8 Å². The SMILES string of the molecule is CCCCCc1ccccn1.O=C(O)C(F)(F)F. The number of carboxylic acid groups (broad SMARTS) is 1. The molecule has 0 fully saturated rings. The van der Waals surface area contributed by atoms with Crippen molar-refractivity contribution in [3.8, 4) is 0 Å². The molecule has 0 amide bonds. The first kappa shape index (κ1) is 16.4. The number of carboxylic acids is 1. The van der Waals surface area contributed by atoms with Crippen molar-refractivity contribution in [3.05, 3.63) is 30.1 Å². The van der Waals surface area contributed by atoms with Gasteiger partial charge in [-0.15, -0.1) is 0 Å². The summed E-state index contributed by atoms with van der Waals surface area (Å²) in [7, 11) is 0. The Kier molecular flexibility index (Phi) is 7.74. The average molecular weight is 263 g/mol. The standard InChI is InChI=1S/C10H15N.C2HF3O2/c1-2-3-4-7-10-8-5-6-9-11-10;3-2(4,5)1(6)7/h5-6,8-9H,2-4,7H2,1H3;(H,6,7). The third kappa shape index (κ3) is 8.55. The summed E-state index contributed by atoms with van der Waals surface area (Å²) in [5, 5.41) is 7.12. The van der Waals surface area contributed by atoms with Gasteiger partial charge in [0.15, 0.2) is 0 Å². The minimum atomic E-state index is -5.08. The van der Waals surface area contributed by atoms with Crippen molar-refractivity contribution < 1.29 is 23.1 Å². The Hall–Kier alpha value is -1.59. The molecule has 3 nitrogen and oxygen atoms in total. The van der Waals surface area contributed by atoms with Gasteiger partial charge in [0.1, 0.15) is 0 Å². The summed E-state index contributed by atoms with van der Waals surface area (Å²) in [6.07, 6.45) is 1.78. The fourth-order valence-corrected chi connectivity index (χ4v) is 1.10. The van der Waals surface area contributed by atoms with Crippen molar-refractivity contribution in [1.82, 2.24) is 4.98 Å². The zero-order chi connectivity index (χ0) is 14.0. The minimum Gasteiger partial charge on any atom is -0.475 e. The van der Waals surface area contributed by atoms with Gasteiger partial charge < -0.3 is 5.11 Å². The highest BCUT2D eigenvalue weighted by molar-refractivity contribution is 5.73. The van der Waals surface area contributed by atoms with E-state index in [2.05, 4.69) is 18.0 Å². The Morgan fingerprint density at radius 2 is 1.94 bits per heavy atom. The largest absolute Gasteiger partial charge is 0.490 e. The molecule has 1 aromatic rings. The first-order chi connectivity index (χ1) is 8.38. The number of hydrogen-bond acceptors (Lipinski definition) is 2. The number of rotatable bonds is 4. The second kappa shape index (κ2) is 8.49. The Morgan fingerprint density at radius 3 is 2.33 bits per heavy atom. The number of carbonyl (C=O) groups is 1. The molecular formula is C12H16F3NO2. The van der Waals surface area contributed by atoms with Gasteiger partial charge in [-0.05, 0) is 25.0 Å². The van der Waals surface area contributed by atoms with Crippen LogP contribution in [0.5, 0.6) is 0 Å². The summed E-state index contributed by atoms with van der Waals surface area (Å²) in [5.41, 5.74) is 1.22. The van der Waals surface area contributed by atoms with Crippen LogP contribution in [0.1, 0.15) is 31.9 Å². The van der Waals surface area contributed by atoms with E-state index in [0.29, 0.717) is 0 Å². The topological polar surface area (TPSA) is 50.2 Å². The van der Waals surface area contributed by atoms with Crippen molar-refractivity contribution in [3.63, 3.8) is 0 Å². The maximum Gasteiger partial charge on any atom is 0.490 e. The van der Waals surface area contributed by atoms with E-state index in [-0.39, 0.29) is 0 Å². The number of hydrogen-bond donors (Lipinski definition) is 1. The molecule has 102 valence electrons. The monoisotopic (exact) mass is 263 g/mol. The van der Waals surface area contributed by atoms with Gasteiger partial charge in [0.2, 0.25) is 0 Å². The third-order valence-corrected chi connectivity index (χ3v) is 2.01. The van der Waals surface area contributed by atoms with E-state index in [1.165, 1.54) is 25.0 Å². The third-order valence-electron chi connectivity index (χ3n) is 2.01. The highest BCUT2D eigenvalue weighted by Crippen LogP contribution is 2.13. The summed E-state index contributed by atoms with van der Waals surface area (Å²) in [6, 6.07) is 6.10. The van der Waals surface area contributed by atoms with Gasteiger partial charge in [0, 0.05) is 11.9 Å². The van der Waals surface area contributed by atoms with Crippen LogP contribution < -0.4 is 0 Å². The van der Waals surface area contributed by atoms with E-state index < -0.39 is 12.1 Å². The maximum absolute atomic E-state index is 10.6. The van der Waals surface area contributed by atoms with Gasteiger partial charge in [-0.25, -0.2) is 4.79 Å². The quantitative estimate of drug-likeness (QED) is 0.846. The molecule has 0 aliphatic carbocycles. The smallest absolute Gasteiger partial charge is 0.475 e. The zero-order valence-electron chi connectivity index (χ0n) is 10.1. The van der Waals surface area contributed by atoms with Gasteiger partial charge in [-0.3, -0.25) is 4.98 Å². The molecule has 0 saturated carbocycles. The fourth-order valence-electron chi connectivity index (χ4n) is 1.10. The number of aromatic nitrogens is 1. The van der Waals surface area contributed by atoms with Crippen LogP contribution in [0.15, 0.2) is 24.4 Å². The number of aryl methyl sites for hydroxylation is 1. The van der Waals surface area contributed by atoms with Crippen LogP contribution in [0.2, 0.25) is 0 Å². The van der Waals surface area contributed by atoms with Gasteiger partial charge in [-0.2, -0.15) is 13.2 Å². The number of pyridine rings is 1. The molecule has 18 heavy (non-hydrogen) atoms. The second-order valence-corrected chi connectivity index (χ2v) is 3.58. The lowest BCUT2D eigenvalue weighted by atomic mass is 10.1. The lowest BCUT2D eigenvalue weighted by Gasteiger charge is -1.97. The molecule has 1 N–H and O–H groups in total. The van der Waals surface area contributed by atoms with E-state index in [4.69, 9.17) is 9.90 Å². The number of nitrogens with zero attached hydrogens (tertiary/aromatic N) is 1. The molecule has 1 aromatic heterocycles. The first-order valence-electron chi connectivity index (χ1n) is 5.58. The lowest BCUT2D eigenvalue weighted by Crippen LogP contribution is -2.21. The molecule has 0 unspecified atom stereocenters. The predicted octanol–water partition coefficient (Wildman–Crippen LogP) is 3.45. The minimum absolute atomic E-state index is 1.13. The summed E-state index contributed by atoms with van der Waals surface area (Å²) in [4.78, 5) is 13.1. The van der Waals surface area contributed by atoms with Crippen molar-refractivity contribution in [2.24, 2.45) is 0 Å². The molecule has 6 heteroatoms. The molecule has 0 saturated heterocycles. The van der Waals surface area contributed by atoms with Crippen LogP contribution in [0.3, 0.4) is 0 Å². The molecule has 0 spiro atoms. The number of unbranched alkanes of at least 4 members (excludes halogenated alkanes) is 2. The predicted molar refractivity (Wildman–Crippen MR) is 61.2 cm³/mol. The molecule has 0 aliphatic rings. The molecule has 0 aliphatic heterocycles. The van der Waals surface area contributed by atoms with E-state index in [1.54, 1.807) is 0 Å². The summed E-state index contributed by atoms with van der Waals surface area (Å²) < 4.78 is 31.7. The zero-order valence-corrected chi connectivity index (χ0v) is 10.1. The average Bonchev–Trinajstić information content (AvgIpc) is 2.30. The summed E-state index contributed by atoms with van der Waals surface area (Å²) >= 11 is 0. The molecular weight excluding hydrogens is 247 g/mol. The second-order valence-electron chi connectivity index (χ2n) is 3.58. The van der Waals surface area contributed by atoms with Gasteiger partial charge >= 0.3 is 12.1 Å². The van der Waals surface area contributed by atoms with Crippen LogP contribution in [0.25, 0.3) is 0 Å². The molecule has 0 atom stereocenters. The molecule has 0 bridgehead atoms. The Bertz CT molecular complexity index is 339. The Balaban J connectivity index is 0.000000360. The summed E-state index contributed by atoms with van der Waals surface area (Å²) in [5.74, 6) is -2.76. The van der Waals surface area contributed by atoms with E-state index in [1.807, 2.05) is 18.3 Å². The Morgan fingerprint density at radius 1 is 1.33 bits per heavy atom. The van der Waals surface area contributed by atoms with Crippen molar-refractivity contribution in [1.29, 1.82) is 0 Å². The van der Waals surface area contributed by atoms with Crippen molar-refractivity contribution in [2.75, 3.05) is 0 Å². The fraction of sp³-hybridized carbons (Fsp3) is 0.500. The maximum atomic E-state index is 10.6. The van der Waals surface area contributed by atoms with Crippen LogP contribution in [0, 0.1) is 0 Å². The number of halogens is 3. The van der Waals surface area contributed by atoms with Crippen LogP contribution in [-0.2, 0) is 11.2 Å². The highest BCUT2D eigenvalue weighted by atomic mass is 19.4. The molecule has 0 aromatic carbocycles. The molecule has 1 heterocycles. The number of aliphatic carboxylic acids is 1. The van der Waals surface area contributed by atoms with Crippen molar-refractivity contribution >= 4 is 5.97 Å². The number of alkyl halides is 3. The van der Waals surface area contributed by atoms with Gasteiger partial charge in [0.25, 0.3) is 0 Å². The van der Waals surface area contributed by atoms with Crippen LogP contribution in [0.4, 0.5) is 13.2 Å². The van der Waals surface area contributed by atoms with Crippen LogP contribution >= 0.6 is 0 Å². The van der Waals surface area contributed by atoms with E-state index in [0.717, 1.165) is 6.42 Å². The highest BCUT2D eigenvalue weighted by Gasteiger charge is 2.38. The van der Waals surface area contributed by atoms with Gasteiger partial charge in [0.05, 0.1) is 0 Å². The first-order valence-corrected chi connectivity index (χ1v) is 5.58. The van der Waals surface area contributed by atoms with Crippen LogP contribution in [-0.4, -0.2) is 22.2 Å². The lowest BCUT2D eigenvalue weighted by molar-refractivity contribution is -0.192. The van der Waals surface area contributed by atoms with E-state index >= 15 is 0 Å². The molecule has 1 rings (SSSR count). The van der Waals surface area contributed by atoms with E-state index in [9.17, 15) is 13.2 Å².